The van der Waals surface area contributed by atoms with Gasteiger partial charge in [-0.2, -0.15) is 0 Å². The van der Waals surface area contributed by atoms with Crippen LogP contribution in [0, 0.1) is 12.8 Å². The molecule has 0 aromatic heterocycles. The van der Waals surface area contributed by atoms with E-state index in [0.717, 1.165) is 24.0 Å². The van der Waals surface area contributed by atoms with Gasteiger partial charge in [-0.1, -0.05) is 24.3 Å². The summed E-state index contributed by atoms with van der Waals surface area (Å²) in [5.74, 6) is -0.155. The lowest BCUT2D eigenvalue weighted by molar-refractivity contribution is -0.126. The number of nitrogens with one attached hydrogen (secondary N) is 2. The number of methoxy groups -OCH3 is 1. The number of rotatable bonds is 6. The normalized spacial score (nSPS) is 20.2. The number of urea groups is 1. The summed E-state index contributed by atoms with van der Waals surface area (Å²) in [5.41, 5.74) is 2.26. The average Bonchev–Trinajstić information content (AvgIpc) is 2.61. The molecule has 0 bridgehead atoms. The standard InChI is InChI=1S/C19H29N3O3/c1-14-6-4-5-7-16(14)12-21-19(24)22-13-17(9-8-15(22)2)18(23)20-10-11-25-3/h4-7,15,17H,8-13H2,1-3H3,(H,20,23)(H,21,24)/t15-,17+/m0/s1. The van der Waals surface area contributed by atoms with Crippen molar-refractivity contribution in [3.8, 4) is 0 Å². The molecule has 6 heteroatoms. The monoisotopic (exact) mass is 347 g/mol. The second-order valence-corrected chi connectivity index (χ2v) is 6.64. The lowest BCUT2D eigenvalue weighted by Crippen LogP contribution is -2.52. The molecule has 2 atom stereocenters. The Labute approximate surface area is 149 Å². The van der Waals surface area contributed by atoms with E-state index < -0.39 is 0 Å². The lowest BCUT2D eigenvalue weighted by atomic mass is 9.93. The van der Waals surface area contributed by atoms with Crippen LogP contribution in [0.25, 0.3) is 0 Å². The van der Waals surface area contributed by atoms with E-state index in [9.17, 15) is 9.59 Å². The van der Waals surface area contributed by atoms with Crippen LogP contribution in [0.2, 0.25) is 0 Å². The fraction of sp³-hybridized carbons (Fsp3) is 0.579. The van der Waals surface area contributed by atoms with Crippen LogP contribution in [0.5, 0.6) is 0 Å². The van der Waals surface area contributed by atoms with Crippen LogP contribution < -0.4 is 10.6 Å². The summed E-state index contributed by atoms with van der Waals surface area (Å²) >= 11 is 0. The second kappa shape index (κ2) is 9.42. The van der Waals surface area contributed by atoms with Crippen LogP contribution >= 0.6 is 0 Å². The molecule has 25 heavy (non-hydrogen) atoms. The van der Waals surface area contributed by atoms with Gasteiger partial charge in [-0.05, 0) is 37.8 Å². The first-order valence-corrected chi connectivity index (χ1v) is 8.88. The molecule has 0 spiro atoms. The maximum absolute atomic E-state index is 12.6. The van der Waals surface area contributed by atoms with Gasteiger partial charge in [0.1, 0.15) is 0 Å². The Bertz CT molecular complexity index is 591. The van der Waals surface area contributed by atoms with E-state index in [0.29, 0.717) is 26.2 Å². The van der Waals surface area contributed by atoms with E-state index >= 15 is 0 Å². The number of likely N-dealkylation sites (tertiary alicyclic amines) is 1. The first-order valence-electron chi connectivity index (χ1n) is 8.88. The van der Waals surface area contributed by atoms with Crippen molar-refractivity contribution in [3.05, 3.63) is 35.4 Å². The fourth-order valence-corrected chi connectivity index (χ4v) is 3.11. The van der Waals surface area contributed by atoms with Crippen molar-refractivity contribution in [2.75, 3.05) is 26.8 Å². The summed E-state index contributed by atoms with van der Waals surface area (Å²) in [4.78, 5) is 26.6. The Morgan fingerprint density at radius 2 is 2.00 bits per heavy atom. The molecule has 2 rings (SSSR count). The van der Waals surface area contributed by atoms with Crippen LogP contribution in [-0.4, -0.2) is 49.7 Å². The van der Waals surface area contributed by atoms with Gasteiger partial charge in [0.25, 0.3) is 0 Å². The van der Waals surface area contributed by atoms with E-state index in [1.165, 1.54) is 0 Å². The second-order valence-electron chi connectivity index (χ2n) is 6.64. The third kappa shape index (κ3) is 5.46. The van der Waals surface area contributed by atoms with Crippen LogP contribution in [0.1, 0.15) is 30.9 Å². The molecule has 1 aliphatic rings. The lowest BCUT2D eigenvalue weighted by Gasteiger charge is -2.37. The molecular formula is C19H29N3O3. The zero-order chi connectivity index (χ0) is 18.2. The maximum Gasteiger partial charge on any atom is 0.317 e. The Kier molecular flexibility index (Phi) is 7.25. The number of benzene rings is 1. The quantitative estimate of drug-likeness (QED) is 0.774. The molecule has 1 saturated heterocycles. The van der Waals surface area contributed by atoms with Crippen molar-refractivity contribution in [3.63, 3.8) is 0 Å². The topological polar surface area (TPSA) is 70.7 Å². The molecule has 0 unspecified atom stereocenters. The highest BCUT2D eigenvalue weighted by Crippen LogP contribution is 2.22. The smallest absolute Gasteiger partial charge is 0.317 e. The predicted octanol–water partition coefficient (Wildman–Crippen LogP) is 2.07. The molecule has 1 fully saturated rings. The average molecular weight is 347 g/mol. The summed E-state index contributed by atoms with van der Waals surface area (Å²) in [6.07, 6.45) is 1.64. The van der Waals surface area contributed by atoms with E-state index in [2.05, 4.69) is 10.6 Å². The van der Waals surface area contributed by atoms with Crippen molar-refractivity contribution in [1.29, 1.82) is 0 Å². The van der Waals surface area contributed by atoms with E-state index in [4.69, 9.17) is 4.74 Å². The van der Waals surface area contributed by atoms with Crippen LogP contribution in [0.3, 0.4) is 0 Å². The maximum atomic E-state index is 12.6. The van der Waals surface area contributed by atoms with Crippen LogP contribution in [0.4, 0.5) is 4.79 Å². The number of carbonyl (C=O) groups excluding carboxylic acids is 2. The molecule has 6 nitrogen and oxygen atoms in total. The Hall–Kier alpha value is -2.08. The molecule has 0 saturated carbocycles. The van der Waals surface area contributed by atoms with Gasteiger partial charge in [0.05, 0.1) is 12.5 Å². The van der Waals surface area contributed by atoms with Gasteiger partial charge >= 0.3 is 6.03 Å². The molecule has 1 heterocycles. The predicted molar refractivity (Wildman–Crippen MR) is 97.2 cm³/mol. The number of hydrogen-bond donors (Lipinski definition) is 2. The van der Waals surface area contributed by atoms with Gasteiger partial charge in [0.15, 0.2) is 0 Å². The Balaban J connectivity index is 1.89. The number of aryl methyl sites for hydroxylation is 1. The minimum absolute atomic E-state index is 0.000605. The zero-order valence-corrected chi connectivity index (χ0v) is 15.4. The first-order chi connectivity index (χ1) is 12.0. The van der Waals surface area contributed by atoms with Gasteiger partial charge in [0.2, 0.25) is 5.91 Å². The van der Waals surface area contributed by atoms with Crippen molar-refractivity contribution >= 4 is 11.9 Å². The largest absolute Gasteiger partial charge is 0.383 e. The summed E-state index contributed by atoms with van der Waals surface area (Å²) in [5, 5.41) is 5.86. The van der Waals surface area contributed by atoms with Gasteiger partial charge < -0.3 is 20.3 Å². The highest BCUT2D eigenvalue weighted by molar-refractivity contribution is 5.81. The van der Waals surface area contributed by atoms with Gasteiger partial charge in [-0.25, -0.2) is 4.79 Å². The zero-order valence-electron chi connectivity index (χ0n) is 15.4. The molecule has 138 valence electrons. The fourth-order valence-electron chi connectivity index (χ4n) is 3.11. The highest BCUT2D eigenvalue weighted by Gasteiger charge is 2.32. The Morgan fingerprint density at radius 1 is 1.24 bits per heavy atom. The van der Waals surface area contributed by atoms with E-state index in [1.807, 2.05) is 38.1 Å². The van der Waals surface area contributed by atoms with Crippen LogP contribution in [0.15, 0.2) is 24.3 Å². The third-order valence-corrected chi connectivity index (χ3v) is 4.81. The molecule has 0 aliphatic carbocycles. The highest BCUT2D eigenvalue weighted by atomic mass is 16.5. The number of piperidine rings is 1. The molecule has 1 aromatic rings. The number of amides is 3. The van der Waals surface area contributed by atoms with Gasteiger partial charge in [-0.15, -0.1) is 0 Å². The minimum atomic E-state index is -0.155. The van der Waals surface area contributed by atoms with Gasteiger partial charge in [-0.3, -0.25) is 4.79 Å². The third-order valence-electron chi connectivity index (χ3n) is 4.81. The summed E-state index contributed by atoms with van der Waals surface area (Å²) in [6.45, 7) is 6.02. The SMILES string of the molecule is COCCNC(=O)[C@@H]1CC[C@H](C)N(C(=O)NCc2ccccc2C)C1. The summed E-state index contributed by atoms with van der Waals surface area (Å²) in [7, 11) is 1.61. The molecule has 0 radical (unpaired) electrons. The van der Waals surface area contributed by atoms with Gasteiger partial charge in [0, 0.05) is 32.8 Å². The molecule has 3 amide bonds. The molecule has 1 aromatic carbocycles. The number of carbonyl (C=O) groups is 2. The van der Waals surface area contributed by atoms with Crippen molar-refractivity contribution in [1.82, 2.24) is 15.5 Å². The van der Waals surface area contributed by atoms with E-state index in [-0.39, 0.29) is 23.9 Å². The van der Waals surface area contributed by atoms with Crippen LogP contribution in [-0.2, 0) is 16.1 Å². The summed E-state index contributed by atoms with van der Waals surface area (Å²) < 4.78 is 4.95. The van der Waals surface area contributed by atoms with E-state index in [1.54, 1.807) is 12.0 Å². The molecule has 1 aliphatic heterocycles. The number of hydrogen-bond acceptors (Lipinski definition) is 3. The van der Waals surface area contributed by atoms with Crippen molar-refractivity contribution < 1.29 is 14.3 Å². The number of nitrogens with zero attached hydrogens (tertiary/aromatic N) is 1. The summed E-state index contributed by atoms with van der Waals surface area (Å²) in [6, 6.07) is 8.04. The number of ether oxygens (including phenoxy) is 1. The van der Waals surface area contributed by atoms with Crippen molar-refractivity contribution in [2.24, 2.45) is 5.92 Å². The first kappa shape index (κ1) is 19.2. The minimum Gasteiger partial charge on any atom is -0.383 e. The Morgan fingerprint density at radius 3 is 2.72 bits per heavy atom. The molecule has 2 N–H and O–H groups in total. The molecular weight excluding hydrogens is 318 g/mol. The van der Waals surface area contributed by atoms with Crippen molar-refractivity contribution in [2.45, 2.75) is 39.3 Å².